The molecule has 2 heterocycles. The molecule has 0 unspecified atom stereocenters. The Hall–Kier alpha value is -3.38. The second-order valence-electron chi connectivity index (χ2n) is 6.73. The first-order valence-corrected chi connectivity index (χ1v) is 9.65. The maximum absolute atomic E-state index is 12.8. The van der Waals surface area contributed by atoms with Gasteiger partial charge in [-0.15, -0.1) is 0 Å². The molecule has 6 nitrogen and oxygen atoms in total. The van der Waals surface area contributed by atoms with Crippen molar-refractivity contribution in [3.8, 4) is 5.75 Å². The van der Waals surface area contributed by atoms with Crippen LogP contribution in [0.15, 0.2) is 72.9 Å². The molecule has 0 atom stereocenters. The van der Waals surface area contributed by atoms with Crippen molar-refractivity contribution >= 4 is 17.4 Å². The van der Waals surface area contributed by atoms with Crippen LogP contribution in [0, 0.1) is 0 Å². The van der Waals surface area contributed by atoms with Gasteiger partial charge in [0.05, 0.1) is 18.8 Å². The smallest absolute Gasteiger partial charge is 0.259 e. The van der Waals surface area contributed by atoms with Gasteiger partial charge in [0.25, 0.3) is 5.91 Å². The number of nitrogens with one attached hydrogen (secondary N) is 1. The van der Waals surface area contributed by atoms with Crippen LogP contribution in [-0.2, 0) is 11.3 Å². The molecule has 1 N–H and O–H groups in total. The summed E-state index contributed by atoms with van der Waals surface area (Å²) >= 11 is 0. The highest BCUT2D eigenvalue weighted by atomic mass is 16.5. The van der Waals surface area contributed by atoms with Crippen LogP contribution in [-0.4, -0.2) is 37.2 Å². The molecule has 2 aromatic carbocycles. The summed E-state index contributed by atoms with van der Waals surface area (Å²) in [6.45, 7) is 3.24. The molecule has 0 saturated carbocycles. The van der Waals surface area contributed by atoms with Crippen molar-refractivity contribution < 1.29 is 14.3 Å². The monoisotopic (exact) mass is 389 g/mol. The van der Waals surface area contributed by atoms with E-state index in [1.807, 2.05) is 54.6 Å². The van der Waals surface area contributed by atoms with E-state index in [0.717, 1.165) is 24.4 Å². The fourth-order valence-electron chi connectivity index (χ4n) is 3.18. The predicted molar refractivity (Wildman–Crippen MR) is 112 cm³/mol. The van der Waals surface area contributed by atoms with Crippen LogP contribution in [0.25, 0.3) is 0 Å². The van der Waals surface area contributed by atoms with E-state index in [2.05, 4.69) is 15.2 Å². The molecule has 0 bridgehead atoms. The zero-order valence-electron chi connectivity index (χ0n) is 16.1. The number of pyridine rings is 1. The molecule has 1 saturated heterocycles. The average molecular weight is 389 g/mol. The normalized spacial score (nSPS) is 13.7. The quantitative estimate of drug-likeness (QED) is 0.696. The standard InChI is InChI=1S/C23H23N3O3/c27-23(21-7-4-12-24-22(21)26-13-15-28-16-14-26)25-19-8-10-20(11-9-19)29-17-18-5-2-1-3-6-18/h1-12H,13-17H2,(H,25,27). The van der Waals surface area contributed by atoms with Gasteiger partial charge in [0.1, 0.15) is 18.2 Å². The second-order valence-corrected chi connectivity index (χ2v) is 6.73. The van der Waals surface area contributed by atoms with E-state index in [1.165, 1.54) is 0 Å². The summed E-state index contributed by atoms with van der Waals surface area (Å²) in [5.74, 6) is 1.26. The molecular weight excluding hydrogens is 366 g/mol. The number of aromatic nitrogens is 1. The zero-order chi connectivity index (χ0) is 19.9. The summed E-state index contributed by atoms with van der Waals surface area (Å²) in [6.07, 6.45) is 1.71. The average Bonchev–Trinajstić information content (AvgIpc) is 2.80. The molecule has 0 spiro atoms. The van der Waals surface area contributed by atoms with E-state index in [9.17, 15) is 4.79 Å². The lowest BCUT2D eigenvalue weighted by Gasteiger charge is -2.29. The SMILES string of the molecule is O=C(Nc1ccc(OCc2ccccc2)cc1)c1cccnc1N1CCOCC1. The van der Waals surface area contributed by atoms with Crippen LogP contribution in [0.3, 0.4) is 0 Å². The van der Waals surface area contributed by atoms with Crippen molar-refractivity contribution in [3.63, 3.8) is 0 Å². The van der Waals surface area contributed by atoms with Gasteiger partial charge in [-0.1, -0.05) is 30.3 Å². The fourth-order valence-corrected chi connectivity index (χ4v) is 3.18. The molecule has 29 heavy (non-hydrogen) atoms. The van der Waals surface area contributed by atoms with Crippen molar-refractivity contribution in [3.05, 3.63) is 84.1 Å². The van der Waals surface area contributed by atoms with Gasteiger partial charge in [0.15, 0.2) is 0 Å². The lowest BCUT2D eigenvalue weighted by Crippen LogP contribution is -2.38. The number of rotatable bonds is 6. The molecule has 6 heteroatoms. The van der Waals surface area contributed by atoms with E-state index < -0.39 is 0 Å². The number of amides is 1. The van der Waals surface area contributed by atoms with Crippen LogP contribution in [0.5, 0.6) is 5.75 Å². The number of morpholine rings is 1. The van der Waals surface area contributed by atoms with Gasteiger partial charge in [-0.3, -0.25) is 4.79 Å². The molecule has 1 amide bonds. The number of anilines is 2. The summed E-state index contributed by atoms with van der Waals surface area (Å²) in [5.41, 5.74) is 2.37. The van der Waals surface area contributed by atoms with E-state index in [4.69, 9.17) is 9.47 Å². The van der Waals surface area contributed by atoms with Crippen molar-refractivity contribution in [2.75, 3.05) is 36.5 Å². The third-order valence-electron chi connectivity index (χ3n) is 4.70. The largest absolute Gasteiger partial charge is 0.489 e. The minimum absolute atomic E-state index is 0.183. The van der Waals surface area contributed by atoms with E-state index in [-0.39, 0.29) is 5.91 Å². The van der Waals surface area contributed by atoms with Gasteiger partial charge < -0.3 is 19.7 Å². The number of benzene rings is 2. The Kier molecular flexibility index (Phi) is 6.02. The van der Waals surface area contributed by atoms with Gasteiger partial charge in [0, 0.05) is 25.0 Å². The van der Waals surface area contributed by atoms with Crippen LogP contribution in [0.2, 0.25) is 0 Å². The first-order chi connectivity index (χ1) is 14.3. The third-order valence-corrected chi connectivity index (χ3v) is 4.70. The lowest BCUT2D eigenvalue weighted by atomic mass is 10.2. The second kappa shape index (κ2) is 9.21. The number of hydrogen-bond donors (Lipinski definition) is 1. The minimum Gasteiger partial charge on any atom is -0.489 e. The molecule has 1 fully saturated rings. The Morgan fingerprint density at radius 1 is 1.00 bits per heavy atom. The summed E-state index contributed by atoms with van der Waals surface area (Å²) in [5, 5.41) is 2.95. The van der Waals surface area contributed by atoms with Gasteiger partial charge in [-0.05, 0) is 42.0 Å². The molecule has 148 valence electrons. The lowest BCUT2D eigenvalue weighted by molar-refractivity contribution is 0.102. The number of nitrogens with zero attached hydrogens (tertiary/aromatic N) is 2. The number of hydrogen-bond acceptors (Lipinski definition) is 5. The van der Waals surface area contributed by atoms with Crippen molar-refractivity contribution in [1.29, 1.82) is 0 Å². The highest BCUT2D eigenvalue weighted by molar-refractivity contribution is 6.07. The Balaban J connectivity index is 1.40. The third kappa shape index (κ3) is 4.92. The summed E-state index contributed by atoms with van der Waals surface area (Å²) in [7, 11) is 0. The van der Waals surface area contributed by atoms with Crippen molar-refractivity contribution in [2.24, 2.45) is 0 Å². The highest BCUT2D eigenvalue weighted by Crippen LogP contribution is 2.21. The van der Waals surface area contributed by atoms with Gasteiger partial charge in [0.2, 0.25) is 0 Å². The van der Waals surface area contributed by atoms with Crippen LogP contribution in [0.4, 0.5) is 11.5 Å². The summed E-state index contributed by atoms with van der Waals surface area (Å²) in [4.78, 5) is 19.3. The molecule has 1 aliphatic rings. The molecular formula is C23H23N3O3. The maximum atomic E-state index is 12.8. The number of ether oxygens (including phenoxy) is 2. The predicted octanol–water partition coefficient (Wildman–Crippen LogP) is 3.75. The Morgan fingerprint density at radius 2 is 1.76 bits per heavy atom. The number of carbonyl (C=O) groups excluding carboxylic acids is 1. The first-order valence-electron chi connectivity index (χ1n) is 9.65. The molecule has 3 aromatic rings. The van der Waals surface area contributed by atoms with Gasteiger partial charge >= 0.3 is 0 Å². The Bertz CT molecular complexity index is 939. The van der Waals surface area contributed by atoms with E-state index >= 15 is 0 Å². The summed E-state index contributed by atoms with van der Waals surface area (Å²) < 4.78 is 11.2. The van der Waals surface area contributed by atoms with Crippen LogP contribution >= 0.6 is 0 Å². The highest BCUT2D eigenvalue weighted by Gasteiger charge is 2.19. The summed E-state index contributed by atoms with van der Waals surface area (Å²) in [6, 6.07) is 20.9. The minimum atomic E-state index is -0.183. The van der Waals surface area contributed by atoms with Crippen molar-refractivity contribution in [2.45, 2.75) is 6.61 Å². The van der Waals surface area contributed by atoms with Crippen molar-refractivity contribution in [1.82, 2.24) is 4.98 Å². The molecule has 4 rings (SSSR count). The fraction of sp³-hybridized carbons (Fsp3) is 0.217. The van der Waals surface area contributed by atoms with E-state index in [1.54, 1.807) is 18.3 Å². The van der Waals surface area contributed by atoms with Gasteiger partial charge in [-0.25, -0.2) is 4.98 Å². The number of carbonyl (C=O) groups is 1. The maximum Gasteiger partial charge on any atom is 0.259 e. The Morgan fingerprint density at radius 3 is 2.52 bits per heavy atom. The van der Waals surface area contributed by atoms with E-state index in [0.29, 0.717) is 36.9 Å². The topological polar surface area (TPSA) is 63.7 Å². The zero-order valence-corrected chi connectivity index (χ0v) is 16.1. The van der Waals surface area contributed by atoms with Crippen LogP contribution < -0.4 is 15.0 Å². The Labute approximate surface area is 170 Å². The molecule has 0 radical (unpaired) electrons. The molecule has 1 aromatic heterocycles. The van der Waals surface area contributed by atoms with Gasteiger partial charge in [-0.2, -0.15) is 0 Å². The van der Waals surface area contributed by atoms with Crippen LogP contribution in [0.1, 0.15) is 15.9 Å². The molecule has 0 aliphatic carbocycles. The molecule has 1 aliphatic heterocycles. The first kappa shape index (κ1) is 19.0.